The second kappa shape index (κ2) is 6.61. The molecule has 0 saturated heterocycles. The van der Waals surface area contributed by atoms with Crippen LogP contribution in [0.2, 0.25) is 0 Å². The van der Waals surface area contributed by atoms with E-state index in [1.807, 2.05) is 6.92 Å². The minimum absolute atomic E-state index is 0.258. The molecule has 0 radical (unpaired) electrons. The fourth-order valence-electron chi connectivity index (χ4n) is 0.713. The van der Waals surface area contributed by atoms with Gasteiger partial charge in [-0.25, -0.2) is 0 Å². The van der Waals surface area contributed by atoms with Gasteiger partial charge in [0, 0.05) is 6.16 Å². The Bertz CT molecular complexity index is 152. The molecule has 1 atom stereocenters. The third-order valence-corrected chi connectivity index (χ3v) is 2.90. The fraction of sp³-hybridized carbons (Fsp3) is 1.00. The predicted molar refractivity (Wildman–Crippen MR) is 49.2 cm³/mol. The Morgan fingerprint density at radius 2 is 2.17 bits per heavy atom. The molecule has 0 aliphatic carbocycles. The largest absolute Gasteiger partial charge is 0.330 e. The van der Waals surface area contributed by atoms with Gasteiger partial charge < -0.3 is 15.2 Å². The lowest BCUT2D eigenvalue weighted by Gasteiger charge is -2.10. The smallest absolute Gasteiger partial charge is 0.328 e. The summed E-state index contributed by atoms with van der Waals surface area (Å²) in [7, 11) is -3.29. The lowest BCUT2D eigenvalue weighted by atomic mass is 10.4. The molecule has 0 aromatic rings. The molecule has 5 heteroatoms. The molecule has 0 heterocycles. The minimum Gasteiger partial charge on any atom is -0.330 e. The van der Waals surface area contributed by atoms with E-state index >= 15 is 0 Å². The Hall–Kier alpha value is 0.110. The van der Waals surface area contributed by atoms with E-state index in [1.54, 1.807) is 0 Å². The Labute approximate surface area is 73.6 Å². The summed E-state index contributed by atoms with van der Waals surface area (Å²) < 4.78 is 15.9. The maximum absolute atomic E-state index is 11.1. The number of hydrogen-bond donors (Lipinski definition) is 2. The first-order chi connectivity index (χ1) is 5.62. The van der Waals surface area contributed by atoms with Crippen molar-refractivity contribution in [3.05, 3.63) is 0 Å². The van der Waals surface area contributed by atoms with E-state index < -0.39 is 7.60 Å². The number of rotatable bonds is 7. The Kier molecular flexibility index (Phi) is 6.67. The molecule has 0 saturated carbocycles. The molecular weight excluding hydrogens is 177 g/mol. The van der Waals surface area contributed by atoms with Crippen molar-refractivity contribution in [3.8, 4) is 0 Å². The summed E-state index contributed by atoms with van der Waals surface area (Å²) >= 11 is 0. The standard InChI is InChI=1S/C7H18NO3P/c1-2-3-7-12(9,10)11-6-4-5-8/h2-8H2,1H3,(H,9,10). The van der Waals surface area contributed by atoms with Gasteiger partial charge in [0.05, 0.1) is 6.61 Å². The highest BCUT2D eigenvalue weighted by Crippen LogP contribution is 2.42. The highest BCUT2D eigenvalue weighted by Gasteiger charge is 2.17. The van der Waals surface area contributed by atoms with E-state index in [0.717, 1.165) is 12.8 Å². The molecule has 0 fully saturated rings. The Morgan fingerprint density at radius 1 is 1.50 bits per heavy atom. The molecule has 0 aliphatic rings. The molecule has 0 aromatic heterocycles. The maximum Gasteiger partial charge on any atom is 0.328 e. The molecule has 0 spiro atoms. The third-order valence-electron chi connectivity index (χ3n) is 1.44. The SMILES string of the molecule is CCCCP(=O)(O)OCCCN. The van der Waals surface area contributed by atoms with Crippen LogP contribution < -0.4 is 5.73 Å². The summed E-state index contributed by atoms with van der Waals surface area (Å²) in [5.74, 6) is 0. The molecule has 3 N–H and O–H groups in total. The molecule has 1 unspecified atom stereocenters. The van der Waals surface area contributed by atoms with Crippen molar-refractivity contribution in [2.75, 3.05) is 19.3 Å². The summed E-state index contributed by atoms with van der Waals surface area (Å²) in [6, 6.07) is 0. The van der Waals surface area contributed by atoms with Crippen molar-refractivity contribution < 1.29 is 14.0 Å². The molecule has 74 valence electrons. The van der Waals surface area contributed by atoms with Crippen LogP contribution in [-0.4, -0.2) is 24.2 Å². The third kappa shape index (κ3) is 6.80. The van der Waals surface area contributed by atoms with Crippen molar-refractivity contribution in [1.29, 1.82) is 0 Å². The lowest BCUT2D eigenvalue weighted by molar-refractivity contribution is 0.257. The first-order valence-electron chi connectivity index (χ1n) is 4.29. The van der Waals surface area contributed by atoms with Gasteiger partial charge in [-0.1, -0.05) is 13.3 Å². The first kappa shape index (κ1) is 12.1. The number of unbranched alkanes of at least 4 members (excludes halogenated alkanes) is 1. The predicted octanol–water partition coefficient (Wildman–Crippen LogP) is 1.34. The average molecular weight is 195 g/mol. The van der Waals surface area contributed by atoms with Crippen LogP contribution >= 0.6 is 7.60 Å². The topological polar surface area (TPSA) is 72.5 Å². The zero-order chi connectivity index (χ0) is 9.45. The molecule has 0 aromatic carbocycles. The maximum atomic E-state index is 11.1. The molecule has 12 heavy (non-hydrogen) atoms. The van der Waals surface area contributed by atoms with Crippen molar-refractivity contribution in [1.82, 2.24) is 0 Å². The van der Waals surface area contributed by atoms with Gasteiger partial charge >= 0.3 is 7.60 Å². The molecule has 0 bridgehead atoms. The van der Waals surface area contributed by atoms with Crippen molar-refractivity contribution in [2.24, 2.45) is 5.73 Å². The van der Waals surface area contributed by atoms with Gasteiger partial charge in [0.25, 0.3) is 0 Å². The summed E-state index contributed by atoms with van der Waals surface area (Å²) in [6.07, 6.45) is 2.53. The highest BCUT2D eigenvalue weighted by atomic mass is 31.2. The summed E-state index contributed by atoms with van der Waals surface area (Å²) in [5.41, 5.74) is 5.21. The van der Waals surface area contributed by atoms with Gasteiger partial charge in [0.15, 0.2) is 0 Å². The fourth-order valence-corrected chi connectivity index (χ4v) is 1.97. The monoisotopic (exact) mass is 195 g/mol. The van der Waals surface area contributed by atoms with Crippen LogP contribution in [-0.2, 0) is 9.09 Å². The lowest BCUT2D eigenvalue weighted by Crippen LogP contribution is -2.04. The van der Waals surface area contributed by atoms with Crippen LogP contribution in [0.5, 0.6) is 0 Å². The second-order valence-electron chi connectivity index (χ2n) is 2.69. The van der Waals surface area contributed by atoms with Gasteiger partial charge in [-0.3, -0.25) is 4.57 Å². The molecule has 0 rings (SSSR count). The van der Waals surface area contributed by atoms with Crippen LogP contribution in [0.15, 0.2) is 0 Å². The van der Waals surface area contributed by atoms with Gasteiger partial charge in [0.1, 0.15) is 0 Å². The minimum atomic E-state index is -3.29. The van der Waals surface area contributed by atoms with Gasteiger partial charge in [0.2, 0.25) is 0 Å². The average Bonchev–Trinajstić information content (AvgIpc) is 2.01. The van der Waals surface area contributed by atoms with Gasteiger partial charge in [-0.2, -0.15) is 0 Å². The van der Waals surface area contributed by atoms with Crippen LogP contribution in [0.4, 0.5) is 0 Å². The van der Waals surface area contributed by atoms with Crippen LogP contribution in [0.25, 0.3) is 0 Å². The zero-order valence-electron chi connectivity index (χ0n) is 7.53. The van der Waals surface area contributed by atoms with Crippen LogP contribution in [0.1, 0.15) is 26.2 Å². The number of hydrogen-bond acceptors (Lipinski definition) is 3. The molecule has 0 aliphatic heterocycles. The molecular formula is C7H18NO3P. The summed E-state index contributed by atoms with van der Waals surface area (Å²) in [5, 5.41) is 0. The van der Waals surface area contributed by atoms with Crippen molar-refractivity contribution >= 4 is 7.60 Å². The van der Waals surface area contributed by atoms with E-state index in [9.17, 15) is 4.57 Å². The van der Waals surface area contributed by atoms with E-state index in [1.165, 1.54) is 0 Å². The van der Waals surface area contributed by atoms with E-state index in [2.05, 4.69) is 0 Å². The van der Waals surface area contributed by atoms with Gasteiger partial charge in [-0.05, 0) is 19.4 Å². The van der Waals surface area contributed by atoms with Gasteiger partial charge in [-0.15, -0.1) is 0 Å². The van der Waals surface area contributed by atoms with E-state index in [-0.39, 0.29) is 12.8 Å². The summed E-state index contributed by atoms with van der Waals surface area (Å²) in [4.78, 5) is 9.16. The van der Waals surface area contributed by atoms with Crippen LogP contribution in [0.3, 0.4) is 0 Å². The normalized spacial score (nSPS) is 15.9. The summed E-state index contributed by atoms with van der Waals surface area (Å²) in [6.45, 7) is 2.75. The quantitative estimate of drug-likeness (QED) is 0.475. The van der Waals surface area contributed by atoms with Crippen LogP contribution in [0, 0.1) is 0 Å². The Morgan fingerprint density at radius 3 is 2.67 bits per heavy atom. The first-order valence-corrected chi connectivity index (χ1v) is 6.05. The Balaban J connectivity index is 3.49. The molecule has 4 nitrogen and oxygen atoms in total. The highest BCUT2D eigenvalue weighted by molar-refractivity contribution is 7.52. The zero-order valence-corrected chi connectivity index (χ0v) is 8.43. The van der Waals surface area contributed by atoms with Crippen molar-refractivity contribution in [3.63, 3.8) is 0 Å². The van der Waals surface area contributed by atoms with Crippen molar-refractivity contribution in [2.45, 2.75) is 26.2 Å². The van der Waals surface area contributed by atoms with E-state index in [4.69, 9.17) is 15.2 Å². The molecule has 0 amide bonds. The van der Waals surface area contributed by atoms with E-state index in [0.29, 0.717) is 13.0 Å². The number of nitrogens with two attached hydrogens (primary N) is 1. The second-order valence-corrected chi connectivity index (χ2v) is 4.67.